The fourth-order valence-corrected chi connectivity index (χ4v) is 2.28. The summed E-state index contributed by atoms with van der Waals surface area (Å²) in [5.41, 5.74) is 4.14. The summed E-state index contributed by atoms with van der Waals surface area (Å²) in [6.07, 6.45) is 1.87. The van der Waals surface area contributed by atoms with Crippen molar-refractivity contribution in [1.82, 2.24) is 14.5 Å². The molecular formula is C16H17N3O. The van der Waals surface area contributed by atoms with Crippen molar-refractivity contribution in [3.63, 3.8) is 0 Å². The Bertz CT molecular complexity index is 716. The summed E-state index contributed by atoms with van der Waals surface area (Å²) < 4.78 is 7.37. The molecule has 102 valence electrons. The number of aryl methyl sites for hydroxylation is 1. The number of hydrogen-bond acceptors (Lipinski definition) is 3. The predicted octanol–water partition coefficient (Wildman–Crippen LogP) is 3.05. The highest BCUT2D eigenvalue weighted by molar-refractivity contribution is 5.79. The molecule has 0 radical (unpaired) electrons. The summed E-state index contributed by atoms with van der Waals surface area (Å²) in [6.45, 7) is 3.45. The van der Waals surface area contributed by atoms with Gasteiger partial charge in [0.05, 0.1) is 17.6 Å². The molecule has 1 aromatic carbocycles. The number of rotatable bonds is 4. The van der Waals surface area contributed by atoms with Gasteiger partial charge in [-0.25, -0.2) is 4.98 Å². The topological polar surface area (TPSA) is 39.9 Å². The van der Waals surface area contributed by atoms with Gasteiger partial charge in [-0.3, -0.25) is 4.98 Å². The Labute approximate surface area is 118 Å². The summed E-state index contributed by atoms with van der Waals surface area (Å²) in [5.74, 6) is 0.892. The van der Waals surface area contributed by atoms with Crippen molar-refractivity contribution < 1.29 is 4.74 Å². The maximum absolute atomic E-state index is 5.21. The number of ether oxygens (including phenoxy) is 1. The highest BCUT2D eigenvalue weighted by Crippen LogP contribution is 2.23. The van der Waals surface area contributed by atoms with Crippen LogP contribution in [0.5, 0.6) is 0 Å². The van der Waals surface area contributed by atoms with Crippen LogP contribution in [-0.2, 0) is 11.3 Å². The lowest BCUT2D eigenvalue weighted by Gasteiger charge is -2.08. The Balaban J connectivity index is 2.15. The molecule has 0 atom stereocenters. The molecule has 0 saturated heterocycles. The zero-order valence-electron chi connectivity index (χ0n) is 11.7. The number of fused-ring (bicyclic) bond motifs is 1. The second kappa shape index (κ2) is 5.43. The monoisotopic (exact) mass is 267 g/mol. The molecule has 4 heteroatoms. The van der Waals surface area contributed by atoms with Crippen molar-refractivity contribution in [1.29, 1.82) is 0 Å². The molecule has 0 amide bonds. The van der Waals surface area contributed by atoms with E-state index in [0.29, 0.717) is 6.61 Å². The molecule has 0 saturated carbocycles. The maximum Gasteiger partial charge on any atom is 0.159 e. The Morgan fingerprint density at radius 2 is 2.00 bits per heavy atom. The van der Waals surface area contributed by atoms with Crippen LogP contribution in [0.2, 0.25) is 0 Å². The van der Waals surface area contributed by atoms with Crippen molar-refractivity contribution in [2.45, 2.75) is 13.5 Å². The minimum Gasteiger partial charge on any atom is -0.383 e. The number of pyridine rings is 1. The summed E-state index contributed by atoms with van der Waals surface area (Å²) >= 11 is 0. The number of nitrogens with zero attached hydrogens (tertiary/aromatic N) is 3. The molecule has 0 aliphatic rings. The first-order chi connectivity index (χ1) is 9.79. The second-order valence-electron chi connectivity index (χ2n) is 4.79. The summed E-state index contributed by atoms with van der Waals surface area (Å²) in [6, 6.07) is 12.2. The third-order valence-corrected chi connectivity index (χ3v) is 3.31. The van der Waals surface area contributed by atoms with Crippen LogP contribution in [0.1, 0.15) is 5.56 Å². The molecule has 0 aliphatic carbocycles. The van der Waals surface area contributed by atoms with Crippen molar-refractivity contribution >= 4 is 11.0 Å². The van der Waals surface area contributed by atoms with Crippen LogP contribution in [0.4, 0.5) is 0 Å². The molecule has 3 aromatic rings. The molecule has 0 fully saturated rings. The van der Waals surface area contributed by atoms with Crippen LogP contribution in [-0.4, -0.2) is 28.3 Å². The largest absolute Gasteiger partial charge is 0.383 e. The van der Waals surface area contributed by atoms with Gasteiger partial charge in [0.2, 0.25) is 0 Å². The van der Waals surface area contributed by atoms with E-state index < -0.39 is 0 Å². The Hall–Kier alpha value is -2.20. The van der Waals surface area contributed by atoms with E-state index in [9.17, 15) is 0 Å². The average Bonchev–Trinajstić information content (AvgIpc) is 2.84. The van der Waals surface area contributed by atoms with E-state index in [-0.39, 0.29) is 0 Å². The van der Waals surface area contributed by atoms with Crippen LogP contribution in [0, 0.1) is 6.92 Å². The minimum absolute atomic E-state index is 0.652. The van der Waals surface area contributed by atoms with Crippen LogP contribution in [0.25, 0.3) is 22.6 Å². The molecule has 0 bridgehead atoms. The first-order valence-corrected chi connectivity index (χ1v) is 6.67. The van der Waals surface area contributed by atoms with Gasteiger partial charge >= 0.3 is 0 Å². The normalized spacial score (nSPS) is 11.1. The van der Waals surface area contributed by atoms with E-state index in [4.69, 9.17) is 9.72 Å². The molecule has 0 unspecified atom stereocenters. The fourth-order valence-electron chi connectivity index (χ4n) is 2.28. The number of aromatic nitrogens is 3. The molecule has 20 heavy (non-hydrogen) atoms. The summed E-state index contributed by atoms with van der Waals surface area (Å²) in [5, 5.41) is 0. The van der Waals surface area contributed by atoms with E-state index in [0.717, 1.165) is 34.7 Å². The van der Waals surface area contributed by atoms with Crippen molar-refractivity contribution in [2.75, 3.05) is 13.7 Å². The fraction of sp³-hybridized carbons (Fsp3) is 0.250. The van der Waals surface area contributed by atoms with E-state index in [1.165, 1.54) is 0 Å². The van der Waals surface area contributed by atoms with E-state index in [1.54, 1.807) is 7.11 Å². The first kappa shape index (κ1) is 12.8. The van der Waals surface area contributed by atoms with Crippen molar-refractivity contribution in [3.8, 4) is 11.5 Å². The summed E-state index contributed by atoms with van der Waals surface area (Å²) in [7, 11) is 1.71. The number of imidazole rings is 1. The smallest absolute Gasteiger partial charge is 0.159 e. The zero-order valence-corrected chi connectivity index (χ0v) is 11.7. The van der Waals surface area contributed by atoms with E-state index >= 15 is 0 Å². The van der Waals surface area contributed by atoms with Gasteiger partial charge in [-0.05, 0) is 30.7 Å². The quantitative estimate of drug-likeness (QED) is 0.729. The lowest BCUT2D eigenvalue weighted by molar-refractivity contribution is 0.188. The van der Waals surface area contributed by atoms with Crippen LogP contribution >= 0.6 is 0 Å². The van der Waals surface area contributed by atoms with Crippen LogP contribution in [0.3, 0.4) is 0 Å². The Morgan fingerprint density at radius 1 is 1.15 bits per heavy atom. The molecule has 0 aliphatic heterocycles. The van der Waals surface area contributed by atoms with Gasteiger partial charge in [-0.2, -0.15) is 0 Å². The zero-order chi connectivity index (χ0) is 13.9. The number of benzene rings is 1. The summed E-state index contributed by atoms with van der Waals surface area (Å²) in [4.78, 5) is 9.20. The Morgan fingerprint density at radius 3 is 2.75 bits per heavy atom. The lowest BCUT2D eigenvalue weighted by Crippen LogP contribution is -2.06. The third kappa shape index (κ3) is 2.30. The molecule has 4 nitrogen and oxygen atoms in total. The van der Waals surface area contributed by atoms with Gasteiger partial charge in [-0.1, -0.05) is 18.2 Å². The Kier molecular flexibility index (Phi) is 3.48. The lowest BCUT2D eigenvalue weighted by atomic mass is 10.2. The van der Waals surface area contributed by atoms with Crippen molar-refractivity contribution in [3.05, 3.63) is 48.2 Å². The average molecular weight is 267 g/mol. The molecule has 2 heterocycles. The van der Waals surface area contributed by atoms with Gasteiger partial charge in [0.15, 0.2) is 5.82 Å². The van der Waals surface area contributed by atoms with E-state index in [2.05, 4.69) is 21.7 Å². The van der Waals surface area contributed by atoms with Crippen molar-refractivity contribution in [2.24, 2.45) is 0 Å². The van der Waals surface area contributed by atoms with Gasteiger partial charge in [-0.15, -0.1) is 0 Å². The second-order valence-corrected chi connectivity index (χ2v) is 4.79. The number of para-hydroxylation sites is 2. The molecule has 0 spiro atoms. The van der Waals surface area contributed by atoms with E-state index in [1.807, 2.05) is 37.4 Å². The van der Waals surface area contributed by atoms with Crippen LogP contribution in [0.15, 0.2) is 42.6 Å². The maximum atomic E-state index is 5.21. The highest BCUT2D eigenvalue weighted by atomic mass is 16.5. The first-order valence-electron chi connectivity index (χ1n) is 6.67. The molecular weight excluding hydrogens is 250 g/mol. The van der Waals surface area contributed by atoms with Gasteiger partial charge in [0, 0.05) is 19.9 Å². The number of methoxy groups -OCH3 is 1. The highest BCUT2D eigenvalue weighted by Gasteiger charge is 2.12. The van der Waals surface area contributed by atoms with Crippen LogP contribution < -0.4 is 0 Å². The van der Waals surface area contributed by atoms with Gasteiger partial charge in [0.1, 0.15) is 5.69 Å². The predicted molar refractivity (Wildman–Crippen MR) is 79.6 cm³/mol. The minimum atomic E-state index is 0.652. The number of hydrogen-bond donors (Lipinski definition) is 0. The SMILES string of the molecule is COCCn1c(-c2ccc(C)cn2)nc2ccccc21. The molecule has 2 aromatic heterocycles. The molecule has 3 rings (SSSR count). The standard InChI is InChI=1S/C16H17N3O/c1-12-7-8-14(17-11-12)16-18-13-5-3-4-6-15(13)19(16)9-10-20-2/h3-8,11H,9-10H2,1-2H3. The van der Waals surface area contributed by atoms with Gasteiger partial charge < -0.3 is 9.30 Å². The van der Waals surface area contributed by atoms with Gasteiger partial charge in [0.25, 0.3) is 0 Å². The molecule has 0 N–H and O–H groups in total. The third-order valence-electron chi connectivity index (χ3n) is 3.31.